The second kappa shape index (κ2) is 7.31. The molecule has 2 aliphatic rings. The summed E-state index contributed by atoms with van der Waals surface area (Å²) in [6.45, 7) is 4.26. The molecule has 1 amide bonds. The number of hydrogen-bond acceptors (Lipinski definition) is 5. The first kappa shape index (κ1) is 16.2. The number of amides is 1. The Bertz CT molecular complexity index is 722. The smallest absolute Gasteiger partial charge is 0.222 e. The molecule has 1 saturated heterocycles. The van der Waals surface area contributed by atoms with Gasteiger partial charge in [-0.2, -0.15) is 0 Å². The Kier molecular flexibility index (Phi) is 4.74. The summed E-state index contributed by atoms with van der Waals surface area (Å²) < 4.78 is 2.18. The van der Waals surface area contributed by atoms with Crippen molar-refractivity contribution in [2.45, 2.75) is 32.2 Å². The summed E-state index contributed by atoms with van der Waals surface area (Å²) in [4.78, 5) is 18.8. The molecule has 1 fully saturated rings. The van der Waals surface area contributed by atoms with Crippen LogP contribution in [0.1, 0.15) is 30.1 Å². The molecule has 4 rings (SSSR count). The van der Waals surface area contributed by atoms with E-state index >= 15 is 0 Å². The molecule has 1 unspecified atom stereocenters. The number of aromatic nitrogens is 4. The van der Waals surface area contributed by atoms with Crippen molar-refractivity contribution in [1.82, 2.24) is 30.0 Å². The third-order valence-corrected chi connectivity index (χ3v) is 5.17. The molecule has 0 spiro atoms. The Morgan fingerprint density at radius 2 is 2.24 bits per heavy atom. The minimum atomic E-state index is 0.279. The van der Waals surface area contributed by atoms with Gasteiger partial charge in [-0.3, -0.25) is 9.78 Å². The first-order chi connectivity index (χ1) is 12.3. The van der Waals surface area contributed by atoms with Crippen molar-refractivity contribution in [3.8, 4) is 0 Å². The van der Waals surface area contributed by atoms with E-state index in [0.29, 0.717) is 12.3 Å². The highest BCUT2D eigenvalue weighted by Gasteiger charge is 2.25. The van der Waals surface area contributed by atoms with E-state index in [9.17, 15) is 4.79 Å². The first-order valence-electron chi connectivity index (χ1n) is 9.08. The van der Waals surface area contributed by atoms with Gasteiger partial charge < -0.3 is 14.8 Å². The van der Waals surface area contributed by atoms with Crippen molar-refractivity contribution in [3.63, 3.8) is 0 Å². The summed E-state index contributed by atoms with van der Waals surface area (Å²) in [5.41, 5.74) is 1.13. The van der Waals surface area contributed by atoms with Gasteiger partial charge in [-0.15, -0.1) is 10.2 Å². The van der Waals surface area contributed by atoms with E-state index in [1.807, 2.05) is 17.2 Å². The fraction of sp³-hybridized carbons (Fsp3) is 0.556. The minimum absolute atomic E-state index is 0.279. The average Bonchev–Trinajstić information content (AvgIpc) is 3.21. The molecule has 0 saturated carbocycles. The van der Waals surface area contributed by atoms with Gasteiger partial charge in [-0.05, 0) is 37.1 Å². The summed E-state index contributed by atoms with van der Waals surface area (Å²) >= 11 is 0. The second-order valence-electron chi connectivity index (χ2n) is 6.92. The van der Waals surface area contributed by atoms with Crippen LogP contribution in [0.2, 0.25) is 0 Å². The number of hydrogen-bond donors (Lipinski definition) is 1. The Morgan fingerprint density at radius 1 is 1.28 bits per heavy atom. The van der Waals surface area contributed by atoms with Crippen LogP contribution in [0.5, 0.6) is 0 Å². The van der Waals surface area contributed by atoms with Gasteiger partial charge in [0.25, 0.3) is 0 Å². The number of carbonyl (C=O) groups is 1. The summed E-state index contributed by atoms with van der Waals surface area (Å²) in [6, 6.07) is 3.99. The Morgan fingerprint density at radius 3 is 3.04 bits per heavy atom. The lowest BCUT2D eigenvalue weighted by Gasteiger charge is -2.21. The quantitative estimate of drug-likeness (QED) is 0.884. The van der Waals surface area contributed by atoms with Crippen molar-refractivity contribution in [3.05, 3.63) is 41.7 Å². The highest BCUT2D eigenvalue weighted by molar-refractivity contribution is 5.76. The van der Waals surface area contributed by atoms with Crippen molar-refractivity contribution in [1.29, 1.82) is 0 Å². The van der Waals surface area contributed by atoms with Crippen molar-refractivity contribution >= 4 is 5.91 Å². The SMILES string of the molecule is O=C(CC1CCNC1)N1CCc2nnc(Cc3cccnc3)n2CC1. The Labute approximate surface area is 147 Å². The minimum Gasteiger partial charge on any atom is -0.340 e. The molecule has 0 aliphatic carbocycles. The molecule has 0 bridgehead atoms. The first-order valence-corrected chi connectivity index (χ1v) is 9.08. The predicted molar refractivity (Wildman–Crippen MR) is 92.9 cm³/mol. The van der Waals surface area contributed by atoms with E-state index in [0.717, 1.165) is 69.2 Å². The van der Waals surface area contributed by atoms with Crippen LogP contribution in [0.3, 0.4) is 0 Å². The number of carbonyl (C=O) groups excluding carboxylic acids is 1. The van der Waals surface area contributed by atoms with E-state index in [1.54, 1.807) is 6.20 Å². The van der Waals surface area contributed by atoms with Crippen molar-refractivity contribution in [2.75, 3.05) is 26.2 Å². The highest BCUT2D eigenvalue weighted by atomic mass is 16.2. The number of pyridine rings is 1. The fourth-order valence-electron chi connectivity index (χ4n) is 3.71. The molecular weight excluding hydrogens is 316 g/mol. The lowest BCUT2D eigenvalue weighted by atomic mass is 10.0. The van der Waals surface area contributed by atoms with Gasteiger partial charge in [0.1, 0.15) is 11.6 Å². The maximum absolute atomic E-state index is 12.6. The van der Waals surface area contributed by atoms with Crippen molar-refractivity contribution in [2.24, 2.45) is 5.92 Å². The molecule has 2 aliphatic heterocycles. The lowest BCUT2D eigenvalue weighted by molar-refractivity contribution is -0.132. The van der Waals surface area contributed by atoms with Crippen LogP contribution >= 0.6 is 0 Å². The third kappa shape index (κ3) is 3.71. The molecule has 1 N–H and O–H groups in total. The molecule has 4 heterocycles. The molecule has 7 nitrogen and oxygen atoms in total. The van der Waals surface area contributed by atoms with Gasteiger partial charge in [-0.1, -0.05) is 6.07 Å². The van der Waals surface area contributed by atoms with E-state index in [2.05, 4.69) is 31.1 Å². The molecule has 0 aromatic carbocycles. The van der Waals surface area contributed by atoms with Crippen LogP contribution in [-0.2, 0) is 24.2 Å². The van der Waals surface area contributed by atoms with Crippen LogP contribution in [0, 0.1) is 5.92 Å². The summed E-state index contributed by atoms with van der Waals surface area (Å²) in [5, 5.41) is 12.1. The Hall–Kier alpha value is -2.28. The summed E-state index contributed by atoms with van der Waals surface area (Å²) in [7, 11) is 0. The van der Waals surface area contributed by atoms with Gasteiger partial charge in [0.2, 0.25) is 5.91 Å². The van der Waals surface area contributed by atoms with Gasteiger partial charge in [0, 0.05) is 51.3 Å². The molecular formula is C18H24N6O. The zero-order valence-corrected chi connectivity index (χ0v) is 14.4. The largest absolute Gasteiger partial charge is 0.340 e. The molecule has 7 heteroatoms. The molecule has 2 aromatic rings. The van der Waals surface area contributed by atoms with Crippen LogP contribution < -0.4 is 5.32 Å². The second-order valence-corrected chi connectivity index (χ2v) is 6.92. The van der Waals surface area contributed by atoms with E-state index < -0.39 is 0 Å². The maximum atomic E-state index is 12.6. The zero-order valence-electron chi connectivity index (χ0n) is 14.4. The standard InChI is InChI=1S/C18H24N6O/c25-18(11-15-3-6-20-13-15)23-7-4-16-21-22-17(24(16)9-8-23)10-14-2-1-5-19-12-14/h1-2,5,12,15,20H,3-4,6-11,13H2. The van der Waals surface area contributed by atoms with Gasteiger partial charge in [-0.25, -0.2) is 0 Å². The number of nitrogens with zero attached hydrogens (tertiary/aromatic N) is 5. The number of rotatable bonds is 4. The van der Waals surface area contributed by atoms with Gasteiger partial charge >= 0.3 is 0 Å². The maximum Gasteiger partial charge on any atom is 0.222 e. The monoisotopic (exact) mass is 340 g/mol. The van der Waals surface area contributed by atoms with Crippen LogP contribution in [-0.4, -0.2) is 56.7 Å². The number of nitrogens with one attached hydrogen (secondary N) is 1. The predicted octanol–water partition coefficient (Wildman–Crippen LogP) is 0.648. The number of fused-ring (bicyclic) bond motifs is 1. The van der Waals surface area contributed by atoms with Crippen molar-refractivity contribution < 1.29 is 4.79 Å². The van der Waals surface area contributed by atoms with Gasteiger partial charge in [0.05, 0.1) is 0 Å². The topological polar surface area (TPSA) is 75.9 Å². The van der Waals surface area contributed by atoms with Crippen LogP contribution in [0.4, 0.5) is 0 Å². The highest BCUT2D eigenvalue weighted by Crippen LogP contribution is 2.17. The molecule has 25 heavy (non-hydrogen) atoms. The average molecular weight is 340 g/mol. The molecule has 132 valence electrons. The summed E-state index contributed by atoms with van der Waals surface area (Å²) in [6.07, 6.45) is 6.91. The van der Waals surface area contributed by atoms with E-state index in [-0.39, 0.29) is 5.91 Å². The van der Waals surface area contributed by atoms with E-state index in [1.165, 1.54) is 0 Å². The normalized spacial score (nSPS) is 20.3. The zero-order chi connectivity index (χ0) is 17.1. The van der Waals surface area contributed by atoms with Crippen LogP contribution in [0.25, 0.3) is 0 Å². The fourth-order valence-corrected chi connectivity index (χ4v) is 3.71. The third-order valence-electron chi connectivity index (χ3n) is 5.17. The molecule has 0 radical (unpaired) electrons. The Balaban J connectivity index is 1.41. The lowest BCUT2D eigenvalue weighted by Crippen LogP contribution is -2.35. The van der Waals surface area contributed by atoms with Gasteiger partial charge in [0.15, 0.2) is 0 Å². The molecule has 1 atom stereocenters. The summed E-state index contributed by atoms with van der Waals surface area (Å²) in [5.74, 6) is 2.71. The van der Waals surface area contributed by atoms with Crippen LogP contribution in [0.15, 0.2) is 24.5 Å². The molecule has 2 aromatic heterocycles. The van der Waals surface area contributed by atoms with E-state index in [4.69, 9.17) is 0 Å².